The Morgan fingerprint density at radius 3 is 2.85 bits per heavy atom. The van der Waals surface area contributed by atoms with Gasteiger partial charge in [-0.1, -0.05) is 24.4 Å². The molecular formula is C19H24N5O3+. The van der Waals surface area contributed by atoms with E-state index in [4.69, 9.17) is 4.74 Å². The molecule has 0 radical (unpaired) electrons. The van der Waals surface area contributed by atoms with Crippen LogP contribution in [0.15, 0.2) is 29.3 Å². The van der Waals surface area contributed by atoms with E-state index in [1.165, 1.54) is 11.9 Å². The van der Waals surface area contributed by atoms with Gasteiger partial charge in [0.25, 0.3) is 5.91 Å². The molecule has 3 aliphatic rings. The molecule has 1 aromatic rings. The van der Waals surface area contributed by atoms with Gasteiger partial charge in [-0.05, 0) is 18.6 Å². The molecule has 3 amide bonds. The first kappa shape index (κ1) is 17.5. The summed E-state index contributed by atoms with van der Waals surface area (Å²) in [6, 6.07) is 7.04. The molecule has 3 heterocycles. The standard InChI is InChI=1S/C19H24N5O3/c1-4-5-11-27-14-8-6-7-13(12-14)23-9-10-24-15-16(20-18(23)24)21(2)19(26)22(3)17(15)25/h6-8,12,15H,4-5,9-11H2,1-3H3/q+1. The van der Waals surface area contributed by atoms with E-state index in [-0.39, 0.29) is 11.9 Å². The minimum Gasteiger partial charge on any atom is -0.493 e. The second-order valence-electron chi connectivity index (χ2n) is 6.96. The summed E-state index contributed by atoms with van der Waals surface area (Å²) >= 11 is 0. The number of rotatable bonds is 5. The molecule has 1 aromatic carbocycles. The molecule has 0 aromatic heterocycles. The maximum Gasteiger partial charge on any atom is 0.397 e. The minimum absolute atomic E-state index is 0.231. The van der Waals surface area contributed by atoms with Crippen LogP contribution in [0.5, 0.6) is 5.75 Å². The van der Waals surface area contributed by atoms with Gasteiger partial charge in [0.05, 0.1) is 13.2 Å². The van der Waals surface area contributed by atoms with Crippen molar-refractivity contribution in [2.45, 2.75) is 25.8 Å². The highest BCUT2D eigenvalue weighted by Gasteiger charge is 2.54. The number of amidine groups is 1. The Kier molecular flexibility index (Phi) is 4.33. The van der Waals surface area contributed by atoms with Gasteiger partial charge in [0.15, 0.2) is 0 Å². The van der Waals surface area contributed by atoms with Crippen LogP contribution in [0.2, 0.25) is 0 Å². The number of fused-ring (bicyclic) bond motifs is 2. The van der Waals surface area contributed by atoms with Crippen molar-refractivity contribution in [1.82, 2.24) is 9.80 Å². The molecule has 1 atom stereocenters. The van der Waals surface area contributed by atoms with Crippen LogP contribution in [0.1, 0.15) is 19.8 Å². The highest BCUT2D eigenvalue weighted by atomic mass is 16.5. The number of anilines is 1. The van der Waals surface area contributed by atoms with Crippen LogP contribution >= 0.6 is 0 Å². The fraction of sp³-hybridized carbons (Fsp3) is 0.474. The van der Waals surface area contributed by atoms with Crippen LogP contribution in [-0.2, 0) is 4.79 Å². The number of urea groups is 1. The van der Waals surface area contributed by atoms with Gasteiger partial charge < -0.3 is 4.74 Å². The number of likely N-dealkylation sites (N-methyl/N-ethyl adjacent to an activating group) is 2. The van der Waals surface area contributed by atoms with E-state index in [0.717, 1.165) is 35.7 Å². The first-order valence-corrected chi connectivity index (χ1v) is 9.30. The van der Waals surface area contributed by atoms with Crippen molar-refractivity contribution in [1.29, 1.82) is 0 Å². The van der Waals surface area contributed by atoms with Gasteiger partial charge in [-0.2, -0.15) is 0 Å². The van der Waals surface area contributed by atoms with E-state index in [9.17, 15) is 9.59 Å². The molecule has 0 bridgehead atoms. The summed E-state index contributed by atoms with van der Waals surface area (Å²) in [6.45, 7) is 4.24. The van der Waals surface area contributed by atoms with Crippen molar-refractivity contribution in [3.63, 3.8) is 0 Å². The number of benzene rings is 1. The van der Waals surface area contributed by atoms with Gasteiger partial charge in [-0.3, -0.25) is 14.6 Å². The van der Waals surface area contributed by atoms with Crippen molar-refractivity contribution in [2.75, 3.05) is 38.7 Å². The summed E-state index contributed by atoms with van der Waals surface area (Å²) in [6.07, 6.45) is 2.11. The third-order valence-corrected chi connectivity index (χ3v) is 5.21. The van der Waals surface area contributed by atoms with Gasteiger partial charge in [0, 0.05) is 20.2 Å². The Morgan fingerprint density at radius 1 is 1.26 bits per heavy atom. The van der Waals surface area contributed by atoms with Crippen LogP contribution in [0.4, 0.5) is 10.5 Å². The Morgan fingerprint density at radius 2 is 2.07 bits per heavy atom. The molecule has 1 fully saturated rings. The van der Waals surface area contributed by atoms with Crippen LogP contribution in [0.3, 0.4) is 0 Å². The average molecular weight is 370 g/mol. The Balaban J connectivity index is 1.63. The Bertz CT molecular complexity index is 863. The quantitative estimate of drug-likeness (QED) is 0.580. The zero-order chi connectivity index (χ0) is 19.1. The molecule has 1 unspecified atom stereocenters. The summed E-state index contributed by atoms with van der Waals surface area (Å²) in [5.74, 6) is 1.80. The Labute approximate surface area is 158 Å². The van der Waals surface area contributed by atoms with Gasteiger partial charge in [-0.25, -0.2) is 14.3 Å². The molecule has 0 aliphatic carbocycles. The lowest BCUT2D eigenvalue weighted by atomic mass is 10.1. The van der Waals surface area contributed by atoms with Crippen molar-refractivity contribution < 1.29 is 18.9 Å². The molecule has 8 nitrogen and oxygen atoms in total. The van der Waals surface area contributed by atoms with Crippen LogP contribution < -0.4 is 9.64 Å². The second-order valence-corrected chi connectivity index (χ2v) is 6.96. The lowest BCUT2D eigenvalue weighted by Gasteiger charge is -2.31. The van der Waals surface area contributed by atoms with E-state index in [1.54, 1.807) is 7.05 Å². The zero-order valence-corrected chi connectivity index (χ0v) is 15.9. The fourth-order valence-corrected chi connectivity index (χ4v) is 3.66. The number of hydrogen-bond donors (Lipinski definition) is 0. The van der Waals surface area contributed by atoms with Crippen molar-refractivity contribution in [3.05, 3.63) is 24.3 Å². The molecule has 0 spiro atoms. The normalized spacial score (nSPS) is 21.7. The maximum atomic E-state index is 12.7. The molecular weight excluding hydrogens is 346 g/mol. The van der Waals surface area contributed by atoms with Crippen molar-refractivity contribution >= 4 is 29.4 Å². The molecule has 3 aliphatic heterocycles. The van der Waals surface area contributed by atoms with E-state index in [1.807, 2.05) is 28.8 Å². The number of hydrogen-bond acceptors (Lipinski definition) is 5. The third-order valence-electron chi connectivity index (χ3n) is 5.21. The molecule has 1 saturated heterocycles. The number of guanidine groups is 1. The number of ether oxygens (including phenoxy) is 1. The van der Waals surface area contributed by atoms with Crippen molar-refractivity contribution in [3.8, 4) is 5.75 Å². The van der Waals surface area contributed by atoms with E-state index in [0.29, 0.717) is 24.9 Å². The number of aliphatic imine (C=N–C) groups is 1. The number of amides is 3. The number of imide groups is 1. The largest absolute Gasteiger partial charge is 0.493 e. The summed E-state index contributed by atoms with van der Waals surface area (Å²) in [7, 11) is 3.17. The topological polar surface area (TPSA) is 68.5 Å². The van der Waals surface area contributed by atoms with Gasteiger partial charge in [0.1, 0.15) is 18.0 Å². The van der Waals surface area contributed by atoms with E-state index < -0.39 is 6.04 Å². The van der Waals surface area contributed by atoms with Crippen molar-refractivity contribution in [2.24, 2.45) is 4.99 Å². The molecule has 27 heavy (non-hydrogen) atoms. The predicted molar refractivity (Wildman–Crippen MR) is 101 cm³/mol. The van der Waals surface area contributed by atoms with Crippen LogP contribution in [-0.4, -0.2) is 77.9 Å². The highest BCUT2D eigenvalue weighted by Crippen LogP contribution is 2.28. The molecule has 4 rings (SSSR count). The van der Waals surface area contributed by atoms with Crippen LogP contribution in [0, 0.1) is 0 Å². The second kappa shape index (κ2) is 6.68. The monoisotopic (exact) mass is 370 g/mol. The number of nitrogens with zero attached hydrogens (tertiary/aromatic N) is 5. The average Bonchev–Trinajstić information content (AvgIpc) is 3.24. The summed E-state index contributed by atoms with van der Waals surface area (Å²) in [5.41, 5.74) is 0.972. The Hall–Kier alpha value is -2.90. The smallest absolute Gasteiger partial charge is 0.397 e. The molecule has 142 valence electrons. The van der Waals surface area contributed by atoms with Crippen LogP contribution in [0.25, 0.3) is 0 Å². The summed E-state index contributed by atoms with van der Waals surface area (Å²) in [5, 5.41) is 0. The third kappa shape index (κ3) is 2.75. The van der Waals surface area contributed by atoms with Gasteiger partial charge in [0.2, 0.25) is 11.9 Å². The maximum absolute atomic E-state index is 12.7. The van der Waals surface area contributed by atoms with E-state index in [2.05, 4.69) is 16.8 Å². The molecule has 0 saturated carbocycles. The summed E-state index contributed by atoms with van der Waals surface area (Å²) in [4.78, 5) is 34.2. The number of carbonyl (C=O) groups is 2. The minimum atomic E-state index is -0.526. The lowest BCUT2D eigenvalue weighted by Crippen LogP contribution is -2.61. The SMILES string of the molecule is CCCCOc1cccc(N2CC[N+]3=C2N=C2C3C(=O)N(C)C(=O)N2C)c1. The fourth-order valence-electron chi connectivity index (χ4n) is 3.66. The van der Waals surface area contributed by atoms with E-state index >= 15 is 0 Å². The number of unbranched alkanes of at least 4 members (excludes halogenated alkanes) is 1. The van der Waals surface area contributed by atoms with Gasteiger partial charge >= 0.3 is 12.0 Å². The first-order valence-electron chi connectivity index (χ1n) is 9.30. The first-order chi connectivity index (χ1) is 13.0. The van der Waals surface area contributed by atoms with Gasteiger partial charge in [-0.15, -0.1) is 0 Å². The summed E-state index contributed by atoms with van der Waals surface area (Å²) < 4.78 is 7.79. The molecule has 8 heteroatoms. The number of carbonyl (C=O) groups excluding carboxylic acids is 2. The zero-order valence-electron chi connectivity index (χ0n) is 15.9. The molecule has 0 N–H and O–H groups in total. The lowest BCUT2D eigenvalue weighted by molar-refractivity contribution is -0.525. The predicted octanol–water partition coefficient (Wildman–Crippen LogP) is 1.36. The highest BCUT2D eigenvalue weighted by molar-refractivity contribution is 6.24.